The van der Waals surface area contributed by atoms with E-state index in [2.05, 4.69) is 25.4 Å². The highest BCUT2D eigenvalue weighted by atomic mass is 16.3. The number of hydrogen-bond acceptors (Lipinski definition) is 7. The number of aromatic nitrogens is 5. The van der Waals surface area contributed by atoms with E-state index in [1.165, 1.54) is 18.3 Å². The number of nitrogens with zero attached hydrogens (tertiary/aromatic N) is 4. The molecule has 0 unspecified atom stereocenters. The predicted molar refractivity (Wildman–Crippen MR) is 90.9 cm³/mol. The maximum Gasteiger partial charge on any atom is 0.195 e. The molecule has 4 N–H and O–H groups in total. The summed E-state index contributed by atoms with van der Waals surface area (Å²) < 4.78 is 0. The van der Waals surface area contributed by atoms with Crippen LogP contribution in [0, 0.1) is 0 Å². The average Bonchev–Trinajstić information content (AvgIpc) is 3.06. The maximum absolute atomic E-state index is 12.9. The van der Waals surface area contributed by atoms with E-state index in [1.807, 2.05) is 0 Å². The zero-order valence-corrected chi connectivity index (χ0v) is 12.8. The van der Waals surface area contributed by atoms with Crippen molar-refractivity contribution in [2.24, 2.45) is 0 Å². The summed E-state index contributed by atoms with van der Waals surface area (Å²) in [4.78, 5) is 19.8. The minimum Gasteiger partial charge on any atom is -0.508 e. The monoisotopic (exact) mass is 332 g/mol. The van der Waals surface area contributed by atoms with Gasteiger partial charge in [0.2, 0.25) is 0 Å². The largest absolute Gasteiger partial charge is 0.508 e. The van der Waals surface area contributed by atoms with Gasteiger partial charge in [-0.1, -0.05) is 0 Å². The smallest absolute Gasteiger partial charge is 0.195 e. The standard InChI is InChI=1S/C17H12N6O2/c18-13-8-19-6-5-11(13)15-14-12(7-20-17(14)22-23-21-15)16(25)9-1-3-10(24)4-2-9/h1-8,24H,18H2,(H,20,21,22). The molecule has 3 aromatic heterocycles. The molecule has 122 valence electrons. The molecule has 0 saturated carbocycles. The van der Waals surface area contributed by atoms with E-state index >= 15 is 0 Å². The number of rotatable bonds is 3. The van der Waals surface area contributed by atoms with Gasteiger partial charge >= 0.3 is 0 Å². The second-order valence-corrected chi connectivity index (χ2v) is 5.40. The zero-order chi connectivity index (χ0) is 17.4. The van der Waals surface area contributed by atoms with Crippen LogP contribution in [-0.4, -0.2) is 36.3 Å². The molecule has 0 aliphatic rings. The van der Waals surface area contributed by atoms with Crippen LogP contribution in [0.4, 0.5) is 5.69 Å². The molecule has 0 amide bonds. The third-order valence-corrected chi connectivity index (χ3v) is 3.87. The number of pyridine rings is 1. The number of fused-ring (bicyclic) bond motifs is 1. The number of carbonyl (C=O) groups is 1. The number of phenolic OH excluding ortho intramolecular Hbond substituents is 1. The third kappa shape index (κ3) is 2.45. The van der Waals surface area contributed by atoms with Gasteiger partial charge in [-0.05, 0) is 35.5 Å². The second-order valence-electron chi connectivity index (χ2n) is 5.40. The van der Waals surface area contributed by atoms with Crippen LogP contribution in [0.1, 0.15) is 15.9 Å². The van der Waals surface area contributed by atoms with E-state index in [4.69, 9.17) is 5.73 Å². The Hall–Kier alpha value is -3.81. The Labute approximate surface area is 141 Å². The third-order valence-electron chi connectivity index (χ3n) is 3.87. The number of nitrogen functional groups attached to an aromatic ring is 1. The van der Waals surface area contributed by atoms with Crippen molar-refractivity contribution in [3.63, 3.8) is 0 Å². The van der Waals surface area contributed by atoms with Crippen LogP contribution in [0.5, 0.6) is 5.75 Å². The summed E-state index contributed by atoms with van der Waals surface area (Å²) in [6.07, 6.45) is 4.67. The first kappa shape index (κ1) is 14.8. The number of aromatic amines is 1. The summed E-state index contributed by atoms with van der Waals surface area (Å²) in [5.74, 6) is -0.136. The minimum absolute atomic E-state index is 0.0910. The van der Waals surface area contributed by atoms with Gasteiger partial charge in [-0.15, -0.1) is 10.2 Å². The molecule has 1 aromatic carbocycles. The van der Waals surface area contributed by atoms with E-state index < -0.39 is 0 Å². The normalized spacial score (nSPS) is 10.9. The van der Waals surface area contributed by atoms with Crippen molar-refractivity contribution in [3.05, 3.63) is 60.0 Å². The number of phenols is 1. The topological polar surface area (TPSA) is 131 Å². The van der Waals surface area contributed by atoms with Crippen LogP contribution in [0.2, 0.25) is 0 Å². The van der Waals surface area contributed by atoms with Crippen LogP contribution in [0.25, 0.3) is 22.3 Å². The first-order valence-corrected chi connectivity index (χ1v) is 7.39. The molecule has 0 bridgehead atoms. The number of hydrogen-bond donors (Lipinski definition) is 3. The quantitative estimate of drug-likeness (QED) is 0.488. The highest BCUT2D eigenvalue weighted by molar-refractivity contribution is 6.18. The summed E-state index contributed by atoms with van der Waals surface area (Å²) in [5, 5.41) is 21.7. The summed E-state index contributed by atoms with van der Waals surface area (Å²) in [5.41, 5.74) is 8.75. The molecule has 0 saturated heterocycles. The van der Waals surface area contributed by atoms with Crippen LogP contribution in [-0.2, 0) is 0 Å². The van der Waals surface area contributed by atoms with Gasteiger partial charge in [0, 0.05) is 23.5 Å². The Kier molecular flexibility index (Phi) is 3.35. The van der Waals surface area contributed by atoms with Gasteiger partial charge in [0.1, 0.15) is 11.4 Å². The van der Waals surface area contributed by atoms with Crippen molar-refractivity contribution < 1.29 is 9.90 Å². The molecule has 4 aromatic rings. The Morgan fingerprint density at radius 2 is 1.92 bits per heavy atom. The molecular formula is C17H12N6O2. The lowest BCUT2D eigenvalue weighted by Gasteiger charge is -2.06. The van der Waals surface area contributed by atoms with Gasteiger partial charge in [-0.3, -0.25) is 9.78 Å². The maximum atomic E-state index is 12.9. The molecule has 0 atom stereocenters. The van der Waals surface area contributed by atoms with E-state index in [9.17, 15) is 9.90 Å². The first-order valence-electron chi connectivity index (χ1n) is 7.39. The molecule has 8 nitrogen and oxygen atoms in total. The lowest BCUT2D eigenvalue weighted by atomic mass is 10.0. The molecule has 25 heavy (non-hydrogen) atoms. The Bertz CT molecular complexity index is 1090. The SMILES string of the molecule is Nc1cnccc1-c1nnnc2[nH]cc(C(=O)c3ccc(O)cc3)c12. The van der Waals surface area contributed by atoms with E-state index in [-0.39, 0.29) is 11.5 Å². The number of ketones is 1. The van der Waals surface area contributed by atoms with Gasteiger partial charge in [-0.25, -0.2) is 0 Å². The van der Waals surface area contributed by atoms with Crippen molar-refractivity contribution in [2.45, 2.75) is 0 Å². The Morgan fingerprint density at radius 3 is 2.68 bits per heavy atom. The molecular weight excluding hydrogens is 320 g/mol. The van der Waals surface area contributed by atoms with Crippen molar-refractivity contribution in [1.29, 1.82) is 0 Å². The van der Waals surface area contributed by atoms with Crippen molar-refractivity contribution in [1.82, 2.24) is 25.4 Å². The summed E-state index contributed by atoms with van der Waals surface area (Å²) in [7, 11) is 0. The fourth-order valence-electron chi connectivity index (χ4n) is 2.65. The first-order chi connectivity index (χ1) is 12.1. The number of H-pyrrole nitrogens is 1. The van der Waals surface area contributed by atoms with Crippen molar-refractivity contribution >= 4 is 22.5 Å². The molecule has 0 fully saturated rings. The lowest BCUT2D eigenvalue weighted by molar-refractivity contribution is 0.104. The summed E-state index contributed by atoms with van der Waals surface area (Å²) in [6.45, 7) is 0. The lowest BCUT2D eigenvalue weighted by Crippen LogP contribution is -2.03. The fraction of sp³-hybridized carbons (Fsp3) is 0. The minimum atomic E-state index is -0.227. The van der Waals surface area contributed by atoms with E-state index in [0.717, 1.165) is 0 Å². The van der Waals surface area contributed by atoms with Crippen LogP contribution in [0.3, 0.4) is 0 Å². The highest BCUT2D eigenvalue weighted by Gasteiger charge is 2.20. The number of carbonyl (C=O) groups excluding carboxylic acids is 1. The van der Waals surface area contributed by atoms with Gasteiger partial charge in [0.15, 0.2) is 11.4 Å². The molecule has 0 aliphatic heterocycles. The number of nitrogens with two attached hydrogens (primary N) is 1. The molecule has 4 rings (SSSR count). The molecule has 3 heterocycles. The number of aromatic hydroxyl groups is 1. The van der Waals surface area contributed by atoms with Crippen LogP contribution >= 0.6 is 0 Å². The van der Waals surface area contributed by atoms with Gasteiger partial charge in [0.25, 0.3) is 0 Å². The van der Waals surface area contributed by atoms with E-state index in [0.29, 0.717) is 39.1 Å². The van der Waals surface area contributed by atoms with Gasteiger partial charge in [0.05, 0.1) is 22.8 Å². The number of benzene rings is 1. The summed E-state index contributed by atoms with van der Waals surface area (Å²) >= 11 is 0. The number of anilines is 1. The predicted octanol–water partition coefficient (Wildman–Crippen LogP) is 1.93. The second kappa shape index (κ2) is 5.68. The molecule has 0 radical (unpaired) electrons. The summed E-state index contributed by atoms with van der Waals surface area (Å²) in [6, 6.07) is 7.74. The Balaban J connectivity index is 1.93. The van der Waals surface area contributed by atoms with Crippen LogP contribution in [0.15, 0.2) is 48.9 Å². The Morgan fingerprint density at radius 1 is 1.12 bits per heavy atom. The van der Waals surface area contributed by atoms with Crippen molar-refractivity contribution in [3.8, 4) is 17.0 Å². The van der Waals surface area contributed by atoms with Crippen LogP contribution < -0.4 is 5.73 Å². The number of nitrogens with one attached hydrogen (secondary N) is 1. The van der Waals surface area contributed by atoms with Gasteiger partial charge < -0.3 is 15.8 Å². The van der Waals surface area contributed by atoms with Gasteiger partial charge in [-0.2, -0.15) is 0 Å². The zero-order valence-electron chi connectivity index (χ0n) is 12.8. The highest BCUT2D eigenvalue weighted by Crippen LogP contribution is 2.31. The molecule has 0 spiro atoms. The van der Waals surface area contributed by atoms with Crippen molar-refractivity contribution in [2.75, 3.05) is 5.73 Å². The molecule has 8 heteroatoms. The molecule has 0 aliphatic carbocycles. The van der Waals surface area contributed by atoms with E-state index in [1.54, 1.807) is 30.6 Å². The fourth-order valence-corrected chi connectivity index (χ4v) is 2.65. The average molecular weight is 332 g/mol.